The molecule has 0 aromatic heterocycles. The molecule has 0 saturated heterocycles. The highest BCUT2D eigenvalue weighted by Crippen LogP contribution is 2.32. The first-order valence-corrected chi connectivity index (χ1v) is 10.4. The van der Waals surface area contributed by atoms with E-state index in [-0.39, 0.29) is 16.4 Å². The number of hydrogen-bond acceptors (Lipinski definition) is 3. The van der Waals surface area contributed by atoms with E-state index in [1.165, 1.54) is 18.2 Å². The van der Waals surface area contributed by atoms with Gasteiger partial charge in [-0.2, -0.15) is 0 Å². The zero-order chi connectivity index (χ0) is 21.8. The number of aliphatic carboxylic acids is 1. The first-order chi connectivity index (χ1) is 14.2. The van der Waals surface area contributed by atoms with Gasteiger partial charge in [-0.3, -0.25) is 9.59 Å². The molecule has 1 fully saturated rings. The molecule has 160 valence electrons. The number of carbonyl (C=O) groups excluding carboxylic acids is 1. The monoisotopic (exact) mass is 440 g/mol. The Hall–Kier alpha value is -2.35. The lowest BCUT2D eigenvalue weighted by Gasteiger charge is -2.26. The zero-order valence-electron chi connectivity index (χ0n) is 16.0. The molecule has 30 heavy (non-hydrogen) atoms. The molecule has 2 aromatic carbocycles. The molecule has 0 radical (unpaired) electrons. The second-order valence-electron chi connectivity index (χ2n) is 7.49. The fourth-order valence-corrected chi connectivity index (χ4v) is 4.49. The van der Waals surface area contributed by atoms with E-state index in [2.05, 4.69) is 0 Å². The normalized spacial score (nSPS) is 18.9. The van der Waals surface area contributed by atoms with Crippen LogP contribution in [0.4, 0.5) is 17.6 Å². The Morgan fingerprint density at radius 2 is 1.57 bits per heavy atom. The fraction of sp³-hybridized carbons (Fsp3) is 0.364. The predicted octanol–water partition coefficient (Wildman–Crippen LogP) is 6.00. The second-order valence-corrected chi connectivity index (χ2v) is 8.54. The SMILES string of the molecule is O=C(Sc1cc(F)c(F)c(F)c1)c1ccc(F)c(CCC2CCC(C(=O)O)CC2)c1. The Labute approximate surface area is 175 Å². The van der Waals surface area contributed by atoms with Crippen LogP contribution in [0, 0.1) is 35.1 Å². The van der Waals surface area contributed by atoms with Gasteiger partial charge in [-0.05, 0) is 92.1 Å². The maximum Gasteiger partial charge on any atom is 0.306 e. The minimum absolute atomic E-state index is 0.0857. The number of aryl methyl sites for hydroxylation is 1. The van der Waals surface area contributed by atoms with Crippen molar-refractivity contribution in [2.75, 3.05) is 0 Å². The summed E-state index contributed by atoms with van der Waals surface area (Å²) in [6, 6.07) is 5.36. The molecule has 0 bridgehead atoms. The summed E-state index contributed by atoms with van der Waals surface area (Å²) >= 11 is 0.534. The van der Waals surface area contributed by atoms with Crippen molar-refractivity contribution in [2.45, 2.75) is 43.4 Å². The highest BCUT2D eigenvalue weighted by molar-refractivity contribution is 8.14. The third-order valence-electron chi connectivity index (χ3n) is 5.47. The van der Waals surface area contributed by atoms with Crippen LogP contribution in [0.15, 0.2) is 35.2 Å². The third kappa shape index (κ3) is 5.41. The van der Waals surface area contributed by atoms with E-state index in [1.807, 2.05) is 0 Å². The number of halogens is 4. The van der Waals surface area contributed by atoms with Crippen LogP contribution in [0.5, 0.6) is 0 Å². The van der Waals surface area contributed by atoms with Crippen LogP contribution in [-0.4, -0.2) is 16.2 Å². The first-order valence-electron chi connectivity index (χ1n) is 9.62. The Balaban J connectivity index is 1.63. The van der Waals surface area contributed by atoms with Gasteiger partial charge in [0.15, 0.2) is 17.5 Å². The van der Waals surface area contributed by atoms with Crippen molar-refractivity contribution in [3.63, 3.8) is 0 Å². The molecule has 2 aromatic rings. The summed E-state index contributed by atoms with van der Waals surface area (Å²) in [6.45, 7) is 0. The van der Waals surface area contributed by atoms with E-state index in [0.717, 1.165) is 25.0 Å². The predicted molar refractivity (Wildman–Crippen MR) is 104 cm³/mol. The molecule has 0 amide bonds. The molecule has 1 aliphatic carbocycles. The van der Waals surface area contributed by atoms with Crippen molar-refractivity contribution in [3.05, 3.63) is 64.7 Å². The summed E-state index contributed by atoms with van der Waals surface area (Å²) in [6.07, 6.45) is 3.86. The summed E-state index contributed by atoms with van der Waals surface area (Å²) in [4.78, 5) is 23.4. The highest BCUT2D eigenvalue weighted by atomic mass is 32.2. The van der Waals surface area contributed by atoms with Crippen LogP contribution in [0.3, 0.4) is 0 Å². The topological polar surface area (TPSA) is 54.4 Å². The summed E-state index contributed by atoms with van der Waals surface area (Å²) in [5, 5.41) is 8.52. The Kier molecular flexibility index (Phi) is 7.18. The Morgan fingerprint density at radius 1 is 0.933 bits per heavy atom. The fourth-order valence-electron chi connectivity index (χ4n) is 3.71. The minimum Gasteiger partial charge on any atom is -0.481 e. The van der Waals surface area contributed by atoms with E-state index in [9.17, 15) is 27.2 Å². The number of carboxylic acid groups (broad SMARTS) is 1. The number of benzene rings is 2. The van der Waals surface area contributed by atoms with Gasteiger partial charge < -0.3 is 5.11 Å². The Bertz CT molecular complexity index is 932. The molecule has 1 N–H and O–H groups in total. The molecule has 0 spiro atoms. The highest BCUT2D eigenvalue weighted by Gasteiger charge is 2.26. The summed E-state index contributed by atoms with van der Waals surface area (Å²) in [5.74, 6) is -5.60. The molecule has 0 aliphatic heterocycles. The molecule has 1 saturated carbocycles. The van der Waals surface area contributed by atoms with Gasteiger partial charge in [0.25, 0.3) is 0 Å². The van der Waals surface area contributed by atoms with Crippen LogP contribution in [0.2, 0.25) is 0 Å². The van der Waals surface area contributed by atoms with E-state index < -0.39 is 34.4 Å². The standard InChI is InChI=1S/C22H20F4O3S/c23-17-8-7-15(22(29)30-16-10-18(24)20(26)19(25)11-16)9-14(17)6-3-12-1-4-13(5-2-12)21(27)28/h7-13H,1-6H2,(H,27,28). The molecule has 0 atom stereocenters. The van der Waals surface area contributed by atoms with Crippen molar-refractivity contribution in [3.8, 4) is 0 Å². The molecule has 1 aliphatic rings. The lowest BCUT2D eigenvalue weighted by atomic mass is 9.79. The van der Waals surface area contributed by atoms with Crippen LogP contribution < -0.4 is 0 Å². The molecule has 8 heteroatoms. The lowest BCUT2D eigenvalue weighted by Crippen LogP contribution is -2.21. The van der Waals surface area contributed by atoms with E-state index in [4.69, 9.17) is 5.11 Å². The molecular weight excluding hydrogens is 420 g/mol. The quantitative estimate of drug-likeness (QED) is 0.340. The van der Waals surface area contributed by atoms with Gasteiger partial charge in [0.2, 0.25) is 5.12 Å². The summed E-state index contributed by atoms with van der Waals surface area (Å²) in [5.41, 5.74) is 0.536. The molecular formula is C22H20F4O3S. The van der Waals surface area contributed by atoms with E-state index >= 15 is 0 Å². The minimum atomic E-state index is -1.60. The zero-order valence-corrected chi connectivity index (χ0v) is 16.8. The smallest absolute Gasteiger partial charge is 0.306 e. The number of hydrogen-bond donors (Lipinski definition) is 1. The van der Waals surface area contributed by atoms with Crippen molar-refractivity contribution in [1.82, 2.24) is 0 Å². The van der Waals surface area contributed by atoms with E-state index in [1.54, 1.807) is 0 Å². The first kappa shape index (κ1) is 22.3. The van der Waals surface area contributed by atoms with E-state index in [0.29, 0.717) is 48.9 Å². The van der Waals surface area contributed by atoms with Crippen LogP contribution >= 0.6 is 11.8 Å². The average molecular weight is 440 g/mol. The van der Waals surface area contributed by atoms with Gasteiger partial charge in [0, 0.05) is 10.5 Å². The number of carbonyl (C=O) groups is 2. The van der Waals surface area contributed by atoms with Crippen molar-refractivity contribution in [1.29, 1.82) is 0 Å². The number of thioether (sulfide) groups is 1. The lowest BCUT2D eigenvalue weighted by molar-refractivity contribution is -0.143. The van der Waals surface area contributed by atoms with Gasteiger partial charge in [-0.25, -0.2) is 17.6 Å². The maximum atomic E-state index is 14.2. The summed E-state index contributed by atoms with van der Waals surface area (Å²) in [7, 11) is 0. The third-order valence-corrected chi connectivity index (χ3v) is 6.36. The number of rotatable bonds is 6. The van der Waals surface area contributed by atoms with Crippen molar-refractivity contribution in [2.24, 2.45) is 11.8 Å². The van der Waals surface area contributed by atoms with Gasteiger partial charge >= 0.3 is 5.97 Å². The van der Waals surface area contributed by atoms with Gasteiger partial charge in [-0.1, -0.05) is 0 Å². The van der Waals surface area contributed by atoms with Crippen LogP contribution in [0.25, 0.3) is 0 Å². The largest absolute Gasteiger partial charge is 0.481 e. The summed E-state index contributed by atoms with van der Waals surface area (Å²) < 4.78 is 53.9. The number of carboxylic acids is 1. The van der Waals surface area contributed by atoms with Gasteiger partial charge in [0.1, 0.15) is 5.82 Å². The van der Waals surface area contributed by atoms with Gasteiger partial charge in [0.05, 0.1) is 5.92 Å². The average Bonchev–Trinajstić information content (AvgIpc) is 2.71. The van der Waals surface area contributed by atoms with Crippen molar-refractivity contribution < 1.29 is 32.3 Å². The Morgan fingerprint density at radius 3 is 2.17 bits per heavy atom. The maximum absolute atomic E-state index is 14.2. The molecule has 0 heterocycles. The van der Waals surface area contributed by atoms with Crippen LogP contribution in [-0.2, 0) is 11.2 Å². The second kappa shape index (κ2) is 9.64. The molecule has 3 nitrogen and oxygen atoms in total. The molecule has 3 rings (SSSR count). The van der Waals surface area contributed by atoms with Crippen molar-refractivity contribution >= 4 is 22.8 Å². The van der Waals surface area contributed by atoms with Crippen LogP contribution in [0.1, 0.15) is 48.0 Å². The van der Waals surface area contributed by atoms with Gasteiger partial charge in [-0.15, -0.1) is 0 Å². The molecule has 0 unspecified atom stereocenters.